The van der Waals surface area contributed by atoms with Crippen LogP contribution in [0, 0.1) is 5.92 Å². The Morgan fingerprint density at radius 1 is 1.00 bits per heavy atom. The van der Waals surface area contributed by atoms with E-state index in [4.69, 9.17) is 0 Å². The van der Waals surface area contributed by atoms with Gasteiger partial charge in [0.15, 0.2) is 0 Å². The SMILES string of the molecule is c1ccc2c([C@H](C3CCCCC3)N3CCNCC3)ccnc2c1. The van der Waals surface area contributed by atoms with E-state index >= 15 is 0 Å². The van der Waals surface area contributed by atoms with E-state index in [1.807, 2.05) is 6.20 Å². The molecule has 3 nitrogen and oxygen atoms in total. The molecule has 2 fully saturated rings. The molecule has 1 saturated heterocycles. The van der Waals surface area contributed by atoms with Gasteiger partial charge in [-0.3, -0.25) is 9.88 Å². The predicted octanol–water partition coefficient (Wildman–Crippen LogP) is 3.76. The van der Waals surface area contributed by atoms with Crippen molar-refractivity contribution in [3.8, 4) is 0 Å². The number of hydrogen-bond donors (Lipinski definition) is 1. The Morgan fingerprint density at radius 3 is 2.61 bits per heavy atom. The van der Waals surface area contributed by atoms with Gasteiger partial charge in [-0.1, -0.05) is 37.5 Å². The molecule has 0 unspecified atom stereocenters. The molecule has 1 aromatic heterocycles. The minimum atomic E-state index is 0.560. The number of benzene rings is 1. The fraction of sp³-hybridized carbons (Fsp3) is 0.550. The molecule has 2 heterocycles. The lowest BCUT2D eigenvalue weighted by Crippen LogP contribution is -2.47. The summed E-state index contributed by atoms with van der Waals surface area (Å²) < 4.78 is 0. The molecule has 2 aromatic rings. The standard InChI is InChI=1S/C20H27N3/c1-2-6-16(7-3-1)20(23-14-12-21-13-15-23)18-10-11-22-19-9-5-4-8-17(18)19/h4-5,8-11,16,20-21H,1-3,6-7,12-15H2/t20-/m0/s1. The minimum absolute atomic E-state index is 0.560. The predicted molar refractivity (Wildman–Crippen MR) is 95.5 cm³/mol. The quantitative estimate of drug-likeness (QED) is 0.935. The highest BCUT2D eigenvalue weighted by atomic mass is 15.2. The van der Waals surface area contributed by atoms with Crippen molar-refractivity contribution >= 4 is 10.9 Å². The van der Waals surface area contributed by atoms with Gasteiger partial charge in [0.05, 0.1) is 5.52 Å². The number of aromatic nitrogens is 1. The molecule has 1 N–H and O–H groups in total. The van der Waals surface area contributed by atoms with Gasteiger partial charge in [-0.05, 0) is 36.5 Å². The van der Waals surface area contributed by atoms with Crippen LogP contribution in [-0.2, 0) is 0 Å². The van der Waals surface area contributed by atoms with E-state index in [1.165, 1.54) is 43.1 Å². The monoisotopic (exact) mass is 309 g/mol. The molecule has 0 radical (unpaired) electrons. The van der Waals surface area contributed by atoms with Gasteiger partial charge in [0.2, 0.25) is 0 Å². The molecule has 23 heavy (non-hydrogen) atoms. The van der Waals surface area contributed by atoms with Crippen LogP contribution in [-0.4, -0.2) is 36.1 Å². The summed E-state index contributed by atoms with van der Waals surface area (Å²) in [4.78, 5) is 7.31. The van der Waals surface area contributed by atoms with E-state index < -0.39 is 0 Å². The maximum atomic E-state index is 4.58. The van der Waals surface area contributed by atoms with Gasteiger partial charge < -0.3 is 5.32 Å². The summed E-state index contributed by atoms with van der Waals surface area (Å²) in [6, 6.07) is 11.5. The van der Waals surface area contributed by atoms with Gasteiger partial charge in [0.1, 0.15) is 0 Å². The molecule has 1 aromatic carbocycles. The number of rotatable bonds is 3. The van der Waals surface area contributed by atoms with E-state index in [1.54, 1.807) is 0 Å². The van der Waals surface area contributed by atoms with E-state index in [9.17, 15) is 0 Å². The second-order valence-corrected chi connectivity index (χ2v) is 7.05. The molecule has 122 valence electrons. The van der Waals surface area contributed by atoms with E-state index in [0.717, 1.165) is 37.6 Å². The number of hydrogen-bond acceptors (Lipinski definition) is 3. The van der Waals surface area contributed by atoms with Crippen LogP contribution in [0.5, 0.6) is 0 Å². The topological polar surface area (TPSA) is 28.2 Å². The molecule has 4 rings (SSSR count). The van der Waals surface area contributed by atoms with Crippen LogP contribution < -0.4 is 5.32 Å². The summed E-state index contributed by atoms with van der Waals surface area (Å²) in [5, 5.41) is 4.86. The van der Waals surface area contributed by atoms with E-state index in [2.05, 4.69) is 45.5 Å². The van der Waals surface area contributed by atoms with Crippen molar-refractivity contribution in [2.75, 3.05) is 26.2 Å². The number of para-hydroxylation sites is 1. The first-order valence-corrected chi connectivity index (χ1v) is 9.22. The van der Waals surface area contributed by atoms with Crippen molar-refractivity contribution < 1.29 is 0 Å². The molecule has 0 amide bonds. The number of pyridine rings is 1. The first kappa shape index (κ1) is 15.1. The van der Waals surface area contributed by atoms with Crippen LogP contribution in [0.1, 0.15) is 43.7 Å². The molecule has 1 aliphatic carbocycles. The average molecular weight is 309 g/mol. The maximum absolute atomic E-state index is 4.58. The Balaban J connectivity index is 1.76. The van der Waals surface area contributed by atoms with Crippen molar-refractivity contribution in [3.05, 3.63) is 42.1 Å². The van der Waals surface area contributed by atoms with Crippen molar-refractivity contribution in [2.24, 2.45) is 5.92 Å². The molecule has 1 saturated carbocycles. The summed E-state index contributed by atoms with van der Waals surface area (Å²) in [5.74, 6) is 0.799. The molecular formula is C20H27N3. The fourth-order valence-corrected chi connectivity index (χ4v) is 4.53. The summed E-state index contributed by atoms with van der Waals surface area (Å²) in [6.07, 6.45) is 8.99. The lowest BCUT2D eigenvalue weighted by Gasteiger charge is -2.41. The number of nitrogens with one attached hydrogen (secondary N) is 1. The Labute approximate surface area is 139 Å². The largest absolute Gasteiger partial charge is 0.314 e. The summed E-state index contributed by atoms with van der Waals surface area (Å²) >= 11 is 0. The highest BCUT2D eigenvalue weighted by Gasteiger charge is 2.31. The third-order valence-electron chi connectivity index (χ3n) is 5.64. The molecule has 3 heteroatoms. The van der Waals surface area contributed by atoms with Gasteiger partial charge in [-0.15, -0.1) is 0 Å². The van der Waals surface area contributed by atoms with Gasteiger partial charge >= 0.3 is 0 Å². The zero-order chi connectivity index (χ0) is 15.5. The normalized spacial score (nSPS) is 22.3. The Kier molecular flexibility index (Phi) is 4.58. The third-order valence-corrected chi connectivity index (χ3v) is 5.64. The Bertz CT molecular complexity index is 619. The second kappa shape index (κ2) is 6.98. The zero-order valence-corrected chi connectivity index (χ0v) is 13.9. The van der Waals surface area contributed by atoms with Crippen molar-refractivity contribution in [1.82, 2.24) is 15.2 Å². The van der Waals surface area contributed by atoms with Crippen LogP contribution in [0.4, 0.5) is 0 Å². The molecule has 1 aliphatic heterocycles. The molecular weight excluding hydrogens is 282 g/mol. The van der Waals surface area contributed by atoms with Crippen molar-refractivity contribution in [2.45, 2.75) is 38.1 Å². The van der Waals surface area contributed by atoms with Crippen LogP contribution in [0.25, 0.3) is 10.9 Å². The average Bonchev–Trinajstić information content (AvgIpc) is 2.64. The number of fused-ring (bicyclic) bond motifs is 1. The van der Waals surface area contributed by atoms with Crippen LogP contribution in [0.15, 0.2) is 36.5 Å². The summed E-state index contributed by atoms with van der Waals surface area (Å²) in [5.41, 5.74) is 2.64. The van der Waals surface area contributed by atoms with Gasteiger partial charge in [0, 0.05) is 43.8 Å². The first-order valence-electron chi connectivity index (χ1n) is 9.22. The minimum Gasteiger partial charge on any atom is -0.314 e. The molecule has 0 spiro atoms. The van der Waals surface area contributed by atoms with E-state index in [-0.39, 0.29) is 0 Å². The van der Waals surface area contributed by atoms with Crippen molar-refractivity contribution in [1.29, 1.82) is 0 Å². The summed E-state index contributed by atoms with van der Waals surface area (Å²) in [6.45, 7) is 4.56. The van der Waals surface area contributed by atoms with E-state index in [0.29, 0.717) is 6.04 Å². The van der Waals surface area contributed by atoms with Gasteiger partial charge in [-0.25, -0.2) is 0 Å². The maximum Gasteiger partial charge on any atom is 0.0705 e. The number of piperazine rings is 1. The van der Waals surface area contributed by atoms with Crippen LogP contribution in [0.2, 0.25) is 0 Å². The third kappa shape index (κ3) is 3.13. The van der Waals surface area contributed by atoms with Crippen molar-refractivity contribution in [3.63, 3.8) is 0 Å². The fourth-order valence-electron chi connectivity index (χ4n) is 4.53. The highest BCUT2D eigenvalue weighted by molar-refractivity contribution is 5.82. The number of nitrogens with zero attached hydrogens (tertiary/aromatic N) is 2. The second-order valence-electron chi connectivity index (χ2n) is 7.05. The van der Waals surface area contributed by atoms with Gasteiger partial charge in [0.25, 0.3) is 0 Å². The zero-order valence-electron chi connectivity index (χ0n) is 13.9. The Hall–Kier alpha value is -1.45. The highest BCUT2D eigenvalue weighted by Crippen LogP contribution is 2.40. The van der Waals surface area contributed by atoms with Crippen LogP contribution >= 0.6 is 0 Å². The lowest BCUT2D eigenvalue weighted by molar-refractivity contribution is 0.104. The first-order chi connectivity index (χ1) is 11.4. The lowest BCUT2D eigenvalue weighted by atomic mass is 9.79. The van der Waals surface area contributed by atoms with Gasteiger partial charge in [-0.2, -0.15) is 0 Å². The molecule has 1 atom stereocenters. The molecule has 2 aliphatic rings. The van der Waals surface area contributed by atoms with Crippen LogP contribution in [0.3, 0.4) is 0 Å². The Morgan fingerprint density at radius 2 is 1.78 bits per heavy atom. The molecule has 0 bridgehead atoms. The smallest absolute Gasteiger partial charge is 0.0705 e. The summed E-state index contributed by atoms with van der Waals surface area (Å²) in [7, 11) is 0.